The van der Waals surface area contributed by atoms with Crippen LogP contribution in [0.25, 0.3) is 16.9 Å². The number of para-hydroxylation sites is 1. The molecule has 4 rings (SSSR count). The fourth-order valence-corrected chi connectivity index (χ4v) is 4.15. The van der Waals surface area contributed by atoms with Crippen LogP contribution >= 0.6 is 11.3 Å². The molecule has 0 bridgehead atoms. The van der Waals surface area contributed by atoms with Gasteiger partial charge in [0.2, 0.25) is 0 Å². The summed E-state index contributed by atoms with van der Waals surface area (Å²) in [6.07, 6.45) is 2.23. The zero-order valence-corrected chi connectivity index (χ0v) is 15.9. The number of carboxylic acid groups (broad SMARTS) is 1. The van der Waals surface area contributed by atoms with Crippen molar-refractivity contribution in [2.24, 2.45) is 0 Å². The number of likely N-dealkylation sites (tertiary alicyclic amines) is 1. The van der Waals surface area contributed by atoms with Crippen molar-refractivity contribution in [1.82, 2.24) is 20.0 Å². The Kier molecular flexibility index (Phi) is 5.12. The second-order valence-corrected chi connectivity index (χ2v) is 7.58. The minimum absolute atomic E-state index is 0.0140. The molecule has 0 aliphatic carbocycles. The number of aromatic nitrogens is 2. The molecule has 1 aromatic carbocycles. The predicted molar refractivity (Wildman–Crippen MR) is 107 cm³/mol. The van der Waals surface area contributed by atoms with Crippen LogP contribution in [0, 0.1) is 0 Å². The molecule has 1 fully saturated rings. The predicted octanol–water partition coefficient (Wildman–Crippen LogP) is 3.47. The van der Waals surface area contributed by atoms with Gasteiger partial charge >= 0.3 is 6.09 Å². The number of carbonyl (C=O) groups excluding carboxylic acids is 1. The summed E-state index contributed by atoms with van der Waals surface area (Å²) in [5.74, 6) is -0.131. The van der Waals surface area contributed by atoms with Crippen molar-refractivity contribution in [3.05, 3.63) is 58.9 Å². The number of nitrogens with zero attached hydrogens (tertiary/aromatic N) is 3. The number of carbonyl (C=O) groups is 2. The highest BCUT2D eigenvalue weighted by molar-refractivity contribution is 7.12. The summed E-state index contributed by atoms with van der Waals surface area (Å²) in [5, 5.41) is 18.6. The highest BCUT2D eigenvalue weighted by Gasteiger charge is 2.25. The van der Waals surface area contributed by atoms with Crippen LogP contribution in [0.2, 0.25) is 0 Å². The molecular formula is C20H20N4O3S. The first-order valence-electron chi connectivity index (χ1n) is 9.09. The third-order valence-electron chi connectivity index (χ3n) is 4.86. The Morgan fingerprint density at radius 2 is 1.86 bits per heavy atom. The standard InChI is InChI=1S/C20H20N4O3S/c25-19(21-14-6-10-23(11-7-14)20(26)27)18-16(9-13-28-18)17-8-12-24(22-17)15-4-2-1-3-5-15/h1-5,8-9,12-14H,6-7,10-11H2,(H,21,25)(H,26,27). The van der Waals surface area contributed by atoms with E-state index in [0.29, 0.717) is 30.8 Å². The molecule has 3 heterocycles. The third-order valence-corrected chi connectivity index (χ3v) is 5.77. The minimum Gasteiger partial charge on any atom is -0.465 e. The lowest BCUT2D eigenvalue weighted by Crippen LogP contribution is -2.46. The van der Waals surface area contributed by atoms with Crippen LogP contribution in [0.5, 0.6) is 0 Å². The first-order chi connectivity index (χ1) is 13.6. The van der Waals surface area contributed by atoms with Crippen LogP contribution < -0.4 is 5.32 Å². The Balaban J connectivity index is 1.47. The van der Waals surface area contributed by atoms with E-state index in [1.54, 1.807) is 4.68 Å². The lowest BCUT2D eigenvalue weighted by Gasteiger charge is -2.30. The van der Waals surface area contributed by atoms with Crippen LogP contribution in [0.4, 0.5) is 4.79 Å². The fraction of sp³-hybridized carbons (Fsp3) is 0.250. The zero-order valence-electron chi connectivity index (χ0n) is 15.1. The summed E-state index contributed by atoms with van der Waals surface area (Å²) in [4.78, 5) is 25.8. The van der Waals surface area contributed by atoms with E-state index >= 15 is 0 Å². The quantitative estimate of drug-likeness (QED) is 0.707. The Morgan fingerprint density at radius 1 is 1.11 bits per heavy atom. The first-order valence-corrected chi connectivity index (χ1v) is 9.97. The van der Waals surface area contributed by atoms with Crippen LogP contribution in [0.3, 0.4) is 0 Å². The second kappa shape index (κ2) is 7.85. The first kappa shape index (κ1) is 18.2. The van der Waals surface area contributed by atoms with E-state index in [1.165, 1.54) is 16.2 Å². The van der Waals surface area contributed by atoms with Gasteiger partial charge in [-0.25, -0.2) is 9.48 Å². The zero-order chi connectivity index (χ0) is 19.5. The van der Waals surface area contributed by atoms with Crippen molar-refractivity contribution in [3.8, 4) is 16.9 Å². The van der Waals surface area contributed by atoms with Gasteiger partial charge in [0, 0.05) is 30.9 Å². The van der Waals surface area contributed by atoms with Gasteiger partial charge in [-0.1, -0.05) is 18.2 Å². The number of hydrogen-bond acceptors (Lipinski definition) is 4. The van der Waals surface area contributed by atoms with E-state index < -0.39 is 6.09 Å². The van der Waals surface area contributed by atoms with E-state index in [0.717, 1.165) is 16.9 Å². The average molecular weight is 396 g/mol. The second-order valence-electron chi connectivity index (χ2n) is 6.66. The monoisotopic (exact) mass is 396 g/mol. The van der Waals surface area contributed by atoms with Gasteiger partial charge in [0.05, 0.1) is 11.4 Å². The maximum absolute atomic E-state index is 12.8. The largest absolute Gasteiger partial charge is 0.465 e. The lowest BCUT2D eigenvalue weighted by molar-refractivity contribution is 0.0912. The van der Waals surface area contributed by atoms with Crippen molar-refractivity contribution >= 4 is 23.3 Å². The minimum atomic E-state index is -0.903. The van der Waals surface area contributed by atoms with Gasteiger partial charge < -0.3 is 15.3 Å². The molecular weight excluding hydrogens is 376 g/mol. The summed E-state index contributed by atoms with van der Waals surface area (Å²) >= 11 is 1.39. The normalized spacial score (nSPS) is 14.8. The summed E-state index contributed by atoms with van der Waals surface area (Å²) < 4.78 is 1.79. The maximum atomic E-state index is 12.8. The topological polar surface area (TPSA) is 87.5 Å². The lowest BCUT2D eigenvalue weighted by atomic mass is 10.1. The van der Waals surface area contributed by atoms with E-state index in [2.05, 4.69) is 10.4 Å². The molecule has 0 spiro atoms. The Morgan fingerprint density at radius 3 is 2.57 bits per heavy atom. The molecule has 8 heteroatoms. The molecule has 0 radical (unpaired) electrons. The van der Waals surface area contributed by atoms with Gasteiger partial charge in [-0.3, -0.25) is 4.79 Å². The number of thiophene rings is 1. The van der Waals surface area contributed by atoms with Gasteiger partial charge in [0.25, 0.3) is 5.91 Å². The average Bonchev–Trinajstić information content (AvgIpc) is 3.38. The van der Waals surface area contributed by atoms with Gasteiger partial charge in [-0.2, -0.15) is 5.10 Å². The molecule has 0 unspecified atom stereocenters. The van der Waals surface area contributed by atoms with Crippen LogP contribution in [0.1, 0.15) is 22.5 Å². The summed E-state index contributed by atoms with van der Waals surface area (Å²) in [7, 11) is 0. The van der Waals surface area contributed by atoms with E-state index in [1.807, 2.05) is 54.0 Å². The van der Waals surface area contributed by atoms with Crippen LogP contribution in [0.15, 0.2) is 54.0 Å². The molecule has 3 aromatic rings. The molecule has 7 nitrogen and oxygen atoms in total. The van der Waals surface area contributed by atoms with Gasteiger partial charge in [-0.05, 0) is 42.5 Å². The number of benzene rings is 1. The maximum Gasteiger partial charge on any atom is 0.407 e. The summed E-state index contributed by atoms with van der Waals surface area (Å²) in [6.45, 7) is 0.887. The summed E-state index contributed by atoms with van der Waals surface area (Å²) in [5.41, 5.74) is 2.51. The molecule has 144 valence electrons. The molecule has 1 aliphatic heterocycles. The van der Waals surface area contributed by atoms with Crippen molar-refractivity contribution in [2.45, 2.75) is 18.9 Å². The number of amides is 2. The van der Waals surface area contributed by atoms with E-state index in [-0.39, 0.29) is 11.9 Å². The van der Waals surface area contributed by atoms with E-state index in [9.17, 15) is 9.59 Å². The van der Waals surface area contributed by atoms with E-state index in [4.69, 9.17) is 5.11 Å². The molecule has 2 N–H and O–H groups in total. The number of piperidine rings is 1. The van der Waals surface area contributed by atoms with Crippen molar-refractivity contribution in [1.29, 1.82) is 0 Å². The third kappa shape index (κ3) is 3.77. The molecule has 1 saturated heterocycles. The number of rotatable bonds is 4. The molecule has 0 atom stereocenters. The molecule has 2 aromatic heterocycles. The fourth-order valence-electron chi connectivity index (χ4n) is 3.34. The van der Waals surface area contributed by atoms with Crippen molar-refractivity contribution in [2.75, 3.05) is 13.1 Å². The number of hydrogen-bond donors (Lipinski definition) is 2. The molecule has 2 amide bonds. The van der Waals surface area contributed by atoms with Crippen LogP contribution in [-0.2, 0) is 0 Å². The molecule has 1 aliphatic rings. The SMILES string of the molecule is O=C(NC1CCN(C(=O)O)CC1)c1sccc1-c1ccn(-c2ccccc2)n1. The Hall–Kier alpha value is -3.13. The smallest absolute Gasteiger partial charge is 0.407 e. The Labute approximate surface area is 166 Å². The van der Waals surface area contributed by atoms with Gasteiger partial charge in [0.1, 0.15) is 4.88 Å². The molecule has 0 saturated carbocycles. The number of nitrogens with one attached hydrogen (secondary N) is 1. The van der Waals surface area contributed by atoms with Gasteiger partial charge in [-0.15, -0.1) is 11.3 Å². The molecule has 28 heavy (non-hydrogen) atoms. The van der Waals surface area contributed by atoms with Crippen LogP contribution in [-0.4, -0.2) is 50.9 Å². The van der Waals surface area contributed by atoms with Gasteiger partial charge in [0.15, 0.2) is 0 Å². The highest BCUT2D eigenvalue weighted by Crippen LogP contribution is 2.28. The highest BCUT2D eigenvalue weighted by atomic mass is 32.1. The van der Waals surface area contributed by atoms with Crippen molar-refractivity contribution in [3.63, 3.8) is 0 Å². The summed E-state index contributed by atoms with van der Waals surface area (Å²) in [6, 6.07) is 13.6. The van der Waals surface area contributed by atoms with Crippen molar-refractivity contribution < 1.29 is 14.7 Å². The Bertz CT molecular complexity index is 974.